The van der Waals surface area contributed by atoms with E-state index < -0.39 is 11.8 Å². The molecule has 5 nitrogen and oxygen atoms in total. The standard InChI is InChI=1S/C8H6FN3O2/c1-14-8(13)4-2-5(9)7-6(3-4)10-12-11-7/h2-3H,1H3,(H,10,11,12). The smallest absolute Gasteiger partial charge is 0.338 e. The Balaban J connectivity index is 2.64. The van der Waals surface area contributed by atoms with E-state index in [0.29, 0.717) is 5.52 Å². The van der Waals surface area contributed by atoms with Gasteiger partial charge >= 0.3 is 5.97 Å². The van der Waals surface area contributed by atoms with Gasteiger partial charge in [0.1, 0.15) is 11.0 Å². The zero-order chi connectivity index (χ0) is 10.1. The number of hydrogen-bond acceptors (Lipinski definition) is 4. The fourth-order valence-corrected chi connectivity index (χ4v) is 1.15. The molecular weight excluding hydrogens is 189 g/mol. The maximum absolute atomic E-state index is 13.2. The monoisotopic (exact) mass is 195 g/mol. The summed E-state index contributed by atoms with van der Waals surface area (Å²) in [4.78, 5) is 11.1. The van der Waals surface area contributed by atoms with Crippen LogP contribution in [0.15, 0.2) is 12.1 Å². The Hall–Kier alpha value is -1.98. The van der Waals surface area contributed by atoms with Crippen LogP contribution in [0.2, 0.25) is 0 Å². The number of H-pyrrole nitrogens is 1. The summed E-state index contributed by atoms with van der Waals surface area (Å²) in [5.41, 5.74) is 0.523. The Kier molecular flexibility index (Phi) is 1.88. The number of ether oxygens (including phenoxy) is 1. The molecule has 1 heterocycles. The molecule has 0 aliphatic carbocycles. The lowest BCUT2D eigenvalue weighted by Gasteiger charge is -1.98. The van der Waals surface area contributed by atoms with E-state index in [1.807, 2.05) is 0 Å². The maximum Gasteiger partial charge on any atom is 0.338 e. The Labute approximate surface area is 77.9 Å². The third-order valence-corrected chi connectivity index (χ3v) is 1.80. The summed E-state index contributed by atoms with van der Waals surface area (Å²) in [7, 11) is 1.23. The van der Waals surface area contributed by atoms with E-state index in [1.165, 1.54) is 13.2 Å². The summed E-state index contributed by atoms with van der Waals surface area (Å²) in [5, 5.41) is 9.52. The van der Waals surface area contributed by atoms with Gasteiger partial charge in [0.15, 0.2) is 5.82 Å². The highest BCUT2D eigenvalue weighted by molar-refractivity contribution is 5.93. The average molecular weight is 195 g/mol. The molecule has 2 aromatic rings. The van der Waals surface area contributed by atoms with E-state index >= 15 is 0 Å². The van der Waals surface area contributed by atoms with Crippen LogP contribution in [0.3, 0.4) is 0 Å². The number of rotatable bonds is 1. The number of esters is 1. The molecule has 1 aromatic carbocycles. The van der Waals surface area contributed by atoms with Gasteiger partial charge in [-0.25, -0.2) is 9.18 Å². The molecule has 0 amide bonds. The van der Waals surface area contributed by atoms with Gasteiger partial charge < -0.3 is 4.74 Å². The predicted molar refractivity (Wildman–Crippen MR) is 45.2 cm³/mol. The molecular formula is C8H6FN3O2. The van der Waals surface area contributed by atoms with Crippen LogP contribution in [0.1, 0.15) is 10.4 Å². The second-order valence-electron chi connectivity index (χ2n) is 2.64. The van der Waals surface area contributed by atoms with Crippen LogP contribution in [0, 0.1) is 5.82 Å². The minimum Gasteiger partial charge on any atom is -0.465 e. The topological polar surface area (TPSA) is 67.9 Å². The molecule has 0 saturated heterocycles. The molecule has 0 atom stereocenters. The number of carbonyl (C=O) groups is 1. The number of carbonyl (C=O) groups excluding carboxylic acids is 1. The highest BCUT2D eigenvalue weighted by atomic mass is 19.1. The molecule has 0 aliphatic heterocycles. The molecule has 0 fully saturated rings. The van der Waals surface area contributed by atoms with Crippen molar-refractivity contribution in [1.29, 1.82) is 0 Å². The first-order valence-electron chi connectivity index (χ1n) is 3.80. The fraction of sp³-hybridized carbons (Fsp3) is 0.125. The molecule has 0 aliphatic rings. The van der Waals surface area contributed by atoms with Gasteiger partial charge in [-0.15, -0.1) is 0 Å². The predicted octanol–water partition coefficient (Wildman–Crippen LogP) is 0.884. The van der Waals surface area contributed by atoms with Crippen LogP contribution in [0.5, 0.6) is 0 Å². The van der Waals surface area contributed by atoms with Crippen molar-refractivity contribution in [3.05, 3.63) is 23.5 Å². The molecule has 6 heteroatoms. The van der Waals surface area contributed by atoms with Crippen molar-refractivity contribution < 1.29 is 13.9 Å². The molecule has 2 rings (SSSR count). The number of nitrogens with zero attached hydrogens (tertiary/aromatic N) is 2. The fourth-order valence-electron chi connectivity index (χ4n) is 1.15. The number of aromatic amines is 1. The highest BCUT2D eigenvalue weighted by Gasteiger charge is 2.12. The summed E-state index contributed by atoms with van der Waals surface area (Å²) in [6.45, 7) is 0. The second-order valence-corrected chi connectivity index (χ2v) is 2.64. The zero-order valence-electron chi connectivity index (χ0n) is 7.24. The number of halogens is 1. The van der Waals surface area contributed by atoms with Crippen molar-refractivity contribution in [1.82, 2.24) is 15.4 Å². The first kappa shape index (κ1) is 8.61. The summed E-state index contributed by atoms with van der Waals surface area (Å²) < 4.78 is 17.7. The number of nitrogens with one attached hydrogen (secondary N) is 1. The maximum atomic E-state index is 13.2. The minimum atomic E-state index is -0.603. The number of fused-ring (bicyclic) bond motifs is 1. The second kappa shape index (κ2) is 3.06. The minimum absolute atomic E-state index is 0.109. The third kappa shape index (κ3) is 1.20. The number of benzene rings is 1. The van der Waals surface area contributed by atoms with Crippen LogP contribution in [0.25, 0.3) is 11.0 Å². The molecule has 14 heavy (non-hydrogen) atoms. The first-order valence-corrected chi connectivity index (χ1v) is 3.80. The molecule has 1 aromatic heterocycles. The van der Waals surface area contributed by atoms with Crippen molar-refractivity contribution in [2.24, 2.45) is 0 Å². The van der Waals surface area contributed by atoms with E-state index in [-0.39, 0.29) is 11.1 Å². The van der Waals surface area contributed by atoms with E-state index in [2.05, 4.69) is 20.1 Å². The molecule has 0 radical (unpaired) electrons. The van der Waals surface area contributed by atoms with Crippen molar-refractivity contribution in [2.45, 2.75) is 0 Å². The average Bonchev–Trinajstić information content (AvgIpc) is 2.64. The number of methoxy groups -OCH3 is 1. The van der Waals surface area contributed by atoms with E-state index in [1.54, 1.807) is 0 Å². The molecule has 1 N–H and O–H groups in total. The summed E-state index contributed by atoms with van der Waals surface area (Å²) >= 11 is 0. The van der Waals surface area contributed by atoms with Gasteiger partial charge in [0.2, 0.25) is 0 Å². The lowest BCUT2D eigenvalue weighted by atomic mass is 10.2. The number of hydrogen-bond donors (Lipinski definition) is 1. The normalized spacial score (nSPS) is 10.4. The van der Waals surface area contributed by atoms with E-state index in [0.717, 1.165) is 6.07 Å². The molecule has 72 valence electrons. The molecule has 0 saturated carbocycles. The van der Waals surface area contributed by atoms with Gasteiger partial charge in [-0.2, -0.15) is 15.4 Å². The van der Waals surface area contributed by atoms with Crippen molar-refractivity contribution in [3.63, 3.8) is 0 Å². The zero-order valence-corrected chi connectivity index (χ0v) is 7.24. The molecule has 0 spiro atoms. The van der Waals surface area contributed by atoms with E-state index in [4.69, 9.17) is 0 Å². The van der Waals surface area contributed by atoms with Crippen LogP contribution in [0.4, 0.5) is 4.39 Å². The lowest BCUT2D eigenvalue weighted by Crippen LogP contribution is -2.01. The van der Waals surface area contributed by atoms with Crippen LogP contribution >= 0.6 is 0 Å². The summed E-state index contributed by atoms with van der Waals surface area (Å²) in [6, 6.07) is 2.48. The van der Waals surface area contributed by atoms with Gasteiger partial charge in [0, 0.05) is 0 Å². The summed E-state index contributed by atoms with van der Waals surface area (Å²) in [6.07, 6.45) is 0. The van der Waals surface area contributed by atoms with Gasteiger partial charge in [0.25, 0.3) is 0 Å². The number of aromatic nitrogens is 3. The highest BCUT2D eigenvalue weighted by Crippen LogP contribution is 2.15. The Morgan fingerprint density at radius 3 is 3.00 bits per heavy atom. The first-order chi connectivity index (χ1) is 6.72. The SMILES string of the molecule is COC(=O)c1cc(F)c2n[nH]nc2c1. The Bertz CT molecular complexity index is 494. The lowest BCUT2D eigenvalue weighted by molar-refractivity contribution is 0.0600. The Morgan fingerprint density at radius 2 is 2.29 bits per heavy atom. The van der Waals surface area contributed by atoms with Crippen molar-refractivity contribution in [3.8, 4) is 0 Å². The Morgan fingerprint density at radius 1 is 1.50 bits per heavy atom. The van der Waals surface area contributed by atoms with Crippen LogP contribution in [-0.2, 0) is 4.74 Å². The van der Waals surface area contributed by atoms with Gasteiger partial charge in [-0.1, -0.05) is 0 Å². The third-order valence-electron chi connectivity index (χ3n) is 1.80. The quantitative estimate of drug-likeness (QED) is 0.686. The van der Waals surface area contributed by atoms with Crippen molar-refractivity contribution in [2.75, 3.05) is 7.11 Å². The van der Waals surface area contributed by atoms with Gasteiger partial charge in [-0.3, -0.25) is 0 Å². The van der Waals surface area contributed by atoms with Gasteiger partial charge in [0.05, 0.1) is 12.7 Å². The van der Waals surface area contributed by atoms with Crippen LogP contribution < -0.4 is 0 Å². The van der Waals surface area contributed by atoms with Crippen molar-refractivity contribution >= 4 is 17.0 Å². The molecule has 0 bridgehead atoms. The largest absolute Gasteiger partial charge is 0.465 e. The summed E-state index contributed by atoms with van der Waals surface area (Å²) in [5.74, 6) is -1.20. The van der Waals surface area contributed by atoms with E-state index in [9.17, 15) is 9.18 Å². The van der Waals surface area contributed by atoms with Gasteiger partial charge in [-0.05, 0) is 12.1 Å². The van der Waals surface area contributed by atoms with Crippen LogP contribution in [-0.4, -0.2) is 28.5 Å². The molecule has 0 unspecified atom stereocenters.